The topological polar surface area (TPSA) is 18.5 Å². The zero-order valence-corrected chi connectivity index (χ0v) is 24.2. The molecule has 0 radical (unpaired) electrons. The standard InChI is InChI=1S/C40H30O2/c1-27-13-5-7-15-29(27)21-23-33-25-31-17-9-11-19-35(31)37(39(33)41-3)38-36-20-12-10-18-32(36)26-34(40(38)42-4)24-22-30-16-8-6-14-28(30)2/h5-20,25-26H,1-4H3. The Labute approximate surface area is 247 Å². The van der Waals surface area contributed by atoms with Crippen molar-refractivity contribution in [3.63, 3.8) is 0 Å². The third-order valence-electron chi connectivity index (χ3n) is 7.62. The Kier molecular flexibility index (Phi) is 7.38. The Balaban J connectivity index is 1.69. The van der Waals surface area contributed by atoms with Crippen molar-refractivity contribution in [3.05, 3.63) is 143 Å². The molecule has 0 amide bonds. The third kappa shape index (κ3) is 4.96. The van der Waals surface area contributed by atoms with Crippen LogP contribution in [0.5, 0.6) is 11.5 Å². The zero-order chi connectivity index (χ0) is 29.1. The van der Waals surface area contributed by atoms with Gasteiger partial charge in [0.2, 0.25) is 0 Å². The Hall–Kier alpha value is -5.44. The van der Waals surface area contributed by atoms with Crippen molar-refractivity contribution in [2.24, 2.45) is 0 Å². The number of fused-ring (bicyclic) bond motifs is 2. The summed E-state index contributed by atoms with van der Waals surface area (Å²) >= 11 is 0. The predicted molar refractivity (Wildman–Crippen MR) is 174 cm³/mol. The second-order valence-electron chi connectivity index (χ2n) is 10.2. The Bertz CT molecular complexity index is 1940. The van der Waals surface area contributed by atoms with E-state index >= 15 is 0 Å². The fourth-order valence-corrected chi connectivity index (χ4v) is 5.46. The summed E-state index contributed by atoms with van der Waals surface area (Å²) in [5.74, 6) is 15.1. The molecule has 0 bridgehead atoms. The number of ether oxygens (including phenoxy) is 2. The maximum absolute atomic E-state index is 6.20. The van der Waals surface area contributed by atoms with E-state index in [4.69, 9.17) is 9.47 Å². The number of rotatable bonds is 3. The van der Waals surface area contributed by atoms with Crippen LogP contribution in [0.4, 0.5) is 0 Å². The monoisotopic (exact) mass is 542 g/mol. The average Bonchev–Trinajstić information content (AvgIpc) is 3.02. The Morgan fingerprint density at radius 2 is 0.786 bits per heavy atom. The minimum absolute atomic E-state index is 0.710. The molecule has 0 saturated carbocycles. The van der Waals surface area contributed by atoms with E-state index in [1.807, 2.05) is 36.4 Å². The number of benzene rings is 6. The van der Waals surface area contributed by atoms with Crippen molar-refractivity contribution in [1.82, 2.24) is 0 Å². The van der Waals surface area contributed by atoms with Crippen LogP contribution in [0.3, 0.4) is 0 Å². The van der Waals surface area contributed by atoms with Crippen LogP contribution >= 0.6 is 0 Å². The molecule has 0 aliphatic carbocycles. The van der Waals surface area contributed by atoms with Gasteiger partial charge < -0.3 is 9.47 Å². The molecule has 202 valence electrons. The largest absolute Gasteiger partial charge is 0.495 e. The summed E-state index contributed by atoms with van der Waals surface area (Å²) in [5.41, 5.74) is 7.77. The van der Waals surface area contributed by atoms with Crippen molar-refractivity contribution < 1.29 is 9.47 Å². The zero-order valence-electron chi connectivity index (χ0n) is 24.2. The van der Waals surface area contributed by atoms with Crippen LogP contribution in [-0.4, -0.2) is 14.2 Å². The van der Waals surface area contributed by atoms with Gasteiger partial charge in [0.25, 0.3) is 0 Å². The normalized spacial score (nSPS) is 10.5. The smallest absolute Gasteiger partial charge is 0.143 e. The van der Waals surface area contributed by atoms with Crippen LogP contribution < -0.4 is 9.47 Å². The molecule has 6 aromatic carbocycles. The SMILES string of the molecule is COc1c(C#Cc2ccccc2C)cc2ccccc2c1-c1c(OC)c(C#Cc2ccccc2C)cc2ccccc12. The fraction of sp³-hybridized carbons (Fsp3) is 0.100. The van der Waals surface area contributed by atoms with Gasteiger partial charge in [-0.3, -0.25) is 0 Å². The first-order valence-electron chi connectivity index (χ1n) is 13.9. The van der Waals surface area contributed by atoms with Gasteiger partial charge in [-0.15, -0.1) is 0 Å². The molecule has 42 heavy (non-hydrogen) atoms. The van der Waals surface area contributed by atoms with Crippen molar-refractivity contribution in [1.29, 1.82) is 0 Å². The maximum Gasteiger partial charge on any atom is 0.143 e. The van der Waals surface area contributed by atoms with Crippen LogP contribution in [0.25, 0.3) is 32.7 Å². The molecular weight excluding hydrogens is 512 g/mol. The van der Waals surface area contributed by atoms with Crippen LogP contribution in [-0.2, 0) is 0 Å². The second-order valence-corrected chi connectivity index (χ2v) is 10.2. The number of hydrogen-bond acceptors (Lipinski definition) is 2. The molecule has 0 aliphatic rings. The van der Waals surface area contributed by atoms with Gasteiger partial charge in [-0.1, -0.05) is 109 Å². The lowest BCUT2D eigenvalue weighted by atomic mass is 9.88. The van der Waals surface area contributed by atoms with E-state index in [1.165, 1.54) is 0 Å². The van der Waals surface area contributed by atoms with Gasteiger partial charge in [0.05, 0.1) is 25.3 Å². The third-order valence-corrected chi connectivity index (χ3v) is 7.62. The molecular formula is C40H30O2. The number of aryl methyl sites for hydroxylation is 2. The van der Waals surface area contributed by atoms with Gasteiger partial charge in [0, 0.05) is 22.3 Å². The molecule has 0 saturated heterocycles. The van der Waals surface area contributed by atoms with Gasteiger partial charge in [0.1, 0.15) is 11.5 Å². The van der Waals surface area contributed by atoms with Crippen LogP contribution in [0.2, 0.25) is 0 Å². The highest BCUT2D eigenvalue weighted by atomic mass is 16.5. The van der Waals surface area contributed by atoms with E-state index in [1.54, 1.807) is 14.2 Å². The van der Waals surface area contributed by atoms with E-state index in [-0.39, 0.29) is 0 Å². The second kappa shape index (κ2) is 11.6. The maximum atomic E-state index is 6.20. The van der Waals surface area contributed by atoms with Crippen molar-refractivity contribution >= 4 is 21.5 Å². The molecule has 0 aromatic heterocycles. The minimum atomic E-state index is 0.710. The Morgan fingerprint density at radius 3 is 1.19 bits per heavy atom. The summed E-state index contributed by atoms with van der Waals surface area (Å²) in [5, 5.41) is 4.27. The molecule has 0 unspecified atom stereocenters. The Morgan fingerprint density at radius 1 is 0.429 bits per heavy atom. The van der Waals surface area contributed by atoms with Crippen molar-refractivity contribution in [2.75, 3.05) is 14.2 Å². The van der Waals surface area contributed by atoms with Crippen molar-refractivity contribution in [2.45, 2.75) is 13.8 Å². The van der Waals surface area contributed by atoms with Crippen molar-refractivity contribution in [3.8, 4) is 46.3 Å². The number of hydrogen-bond donors (Lipinski definition) is 0. The lowest BCUT2D eigenvalue weighted by molar-refractivity contribution is 0.410. The lowest BCUT2D eigenvalue weighted by Crippen LogP contribution is -1.99. The van der Waals surface area contributed by atoms with Crippen LogP contribution in [0.1, 0.15) is 33.4 Å². The number of methoxy groups -OCH3 is 2. The van der Waals surface area contributed by atoms with E-state index in [0.29, 0.717) is 11.5 Å². The minimum Gasteiger partial charge on any atom is -0.495 e. The molecule has 0 atom stereocenters. The summed E-state index contributed by atoms with van der Waals surface area (Å²) in [6.07, 6.45) is 0. The molecule has 0 heterocycles. The molecule has 0 spiro atoms. The van der Waals surface area contributed by atoms with Gasteiger partial charge >= 0.3 is 0 Å². The summed E-state index contributed by atoms with van der Waals surface area (Å²) in [4.78, 5) is 0. The molecule has 2 heteroatoms. The summed E-state index contributed by atoms with van der Waals surface area (Å²) in [7, 11) is 3.42. The van der Waals surface area contributed by atoms with Gasteiger partial charge in [-0.2, -0.15) is 0 Å². The highest BCUT2D eigenvalue weighted by molar-refractivity contribution is 6.11. The highest BCUT2D eigenvalue weighted by Gasteiger charge is 2.23. The summed E-state index contributed by atoms with van der Waals surface area (Å²) < 4.78 is 12.4. The first-order chi connectivity index (χ1) is 20.6. The summed E-state index contributed by atoms with van der Waals surface area (Å²) in [6, 6.07) is 37.3. The van der Waals surface area contributed by atoms with E-state index in [0.717, 1.165) is 66.1 Å². The average molecular weight is 543 g/mol. The molecule has 2 nitrogen and oxygen atoms in total. The molecule has 0 aliphatic heterocycles. The van der Waals surface area contributed by atoms with Crippen LogP contribution in [0.15, 0.2) is 109 Å². The predicted octanol–water partition coefficient (Wildman–Crippen LogP) is 9.09. The molecule has 6 rings (SSSR count). The first kappa shape index (κ1) is 26.8. The van der Waals surface area contributed by atoms with E-state index in [2.05, 4.69) is 110 Å². The van der Waals surface area contributed by atoms with Crippen LogP contribution in [0, 0.1) is 37.5 Å². The van der Waals surface area contributed by atoms with Gasteiger partial charge in [0.15, 0.2) is 0 Å². The van der Waals surface area contributed by atoms with Gasteiger partial charge in [-0.25, -0.2) is 0 Å². The summed E-state index contributed by atoms with van der Waals surface area (Å²) in [6.45, 7) is 4.15. The molecule has 6 aromatic rings. The quantitative estimate of drug-likeness (QED) is 0.208. The highest BCUT2D eigenvalue weighted by Crippen LogP contribution is 2.48. The first-order valence-corrected chi connectivity index (χ1v) is 13.9. The molecule has 0 fully saturated rings. The fourth-order valence-electron chi connectivity index (χ4n) is 5.46. The van der Waals surface area contributed by atoms with E-state index < -0.39 is 0 Å². The van der Waals surface area contributed by atoms with E-state index in [9.17, 15) is 0 Å². The lowest BCUT2D eigenvalue weighted by Gasteiger charge is -2.20. The van der Waals surface area contributed by atoms with Gasteiger partial charge in [-0.05, 0) is 70.8 Å². The molecule has 0 N–H and O–H groups in total.